The summed E-state index contributed by atoms with van der Waals surface area (Å²) in [5, 5.41) is 0. The van der Waals surface area contributed by atoms with Crippen molar-refractivity contribution in [3.8, 4) is 0 Å². The second-order valence-corrected chi connectivity index (χ2v) is 10.4. The zero-order valence-electron chi connectivity index (χ0n) is 21.7. The monoisotopic (exact) mass is 529 g/mol. The largest absolute Gasteiger partial charge is 0.744 e. The van der Waals surface area contributed by atoms with E-state index in [1.807, 2.05) is 0 Å². The molecule has 1 aromatic carbocycles. The Morgan fingerprint density at radius 1 is 0.889 bits per heavy atom. The topological polar surface area (TPSA) is 147 Å². The molecule has 0 aliphatic carbocycles. The number of benzene rings is 1. The molecule has 206 valence electrons. The predicted molar refractivity (Wildman–Crippen MR) is 134 cm³/mol. The summed E-state index contributed by atoms with van der Waals surface area (Å²) < 4.78 is 49.9. The summed E-state index contributed by atoms with van der Waals surface area (Å²) in [5.74, 6) is -0.726. The molecule has 1 aliphatic heterocycles. The van der Waals surface area contributed by atoms with Gasteiger partial charge >= 0.3 is 0 Å². The van der Waals surface area contributed by atoms with Crippen molar-refractivity contribution in [1.82, 2.24) is 0 Å². The summed E-state index contributed by atoms with van der Waals surface area (Å²) in [5.41, 5.74) is 4.73. The van der Waals surface area contributed by atoms with Gasteiger partial charge in [0, 0.05) is 26.1 Å². The molecule has 10 heteroatoms. The van der Waals surface area contributed by atoms with Crippen LogP contribution in [-0.2, 0) is 40.5 Å². The molecule has 3 N–H and O–H groups in total. The van der Waals surface area contributed by atoms with Gasteiger partial charge in [0.2, 0.25) is 0 Å². The standard InChI is InChI=1S/C23H35NO8S.C3H8/c24-19-5-1-3-13-30-15-11-21(25)23(22(26)12-16-31-14-4-2-6-19)32-17-18-7-9-20(10-8-18)33(27,28)29;1-3-2/h7-10,19,23H,1-6,11-17,24H2,(H,27,28,29);3H2,1-2H3. The molecule has 0 spiro atoms. The smallest absolute Gasteiger partial charge is 0.174 e. The SMILES string of the molecule is CCC.[NH3+]C1CCCCOCCC(=O)C(OCc2ccc(S(=O)(=O)[O-])cc2)C(=O)CCOCCCC1. The summed E-state index contributed by atoms with van der Waals surface area (Å²) in [7, 11) is -4.54. The Morgan fingerprint density at radius 2 is 1.36 bits per heavy atom. The Bertz CT molecular complexity index is 827. The average Bonchev–Trinajstić information content (AvgIpc) is 2.82. The molecule has 2 rings (SSSR count). The quantitative estimate of drug-likeness (QED) is 0.463. The zero-order chi connectivity index (χ0) is 26.8. The van der Waals surface area contributed by atoms with Gasteiger partial charge in [-0.25, -0.2) is 8.42 Å². The number of Topliss-reactive ketones (excluding diaryl/α,β-unsaturated/α-hetero) is 2. The van der Waals surface area contributed by atoms with Crippen molar-refractivity contribution in [1.29, 1.82) is 0 Å². The third-order valence-electron chi connectivity index (χ3n) is 5.50. The van der Waals surface area contributed by atoms with Gasteiger partial charge in [0.05, 0.1) is 30.8 Å². The molecule has 0 amide bonds. The van der Waals surface area contributed by atoms with Crippen molar-refractivity contribution in [3.05, 3.63) is 29.8 Å². The lowest BCUT2D eigenvalue weighted by molar-refractivity contribution is -0.423. The Morgan fingerprint density at radius 3 is 1.81 bits per heavy atom. The first-order valence-corrected chi connectivity index (χ1v) is 14.3. The summed E-state index contributed by atoms with van der Waals surface area (Å²) in [6.07, 6.45) is 6.07. The fraction of sp³-hybridized carbons (Fsp3) is 0.692. The maximum absolute atomic E-state index is 12.7. The van der Waals surface area contributed by atoms with Crippen LogP contribution in [0, 0.1) is 0 Å². The van der Waals surface area contributed by atoms with Crippen LogP contribution in [0.3, 0.4) is 0 Å². The first-order valence-electron chi connectivity index (χ1n) is 12.9. The van der Waals surface area contributed by atoms with Crippen molar-refractivity contribution in [2.75, 3.05) is 26.4 Å². The molecule has 1 fully saturated rings. The molecule has 1 aliphatic rings. The Balaban J connectivity index is 0.00000205. The predicted octanol–water partition coefficient (Wildman–Crippen LogP) is 2.81. The summed E-state index contributed by atoms with van der Waals surface area (Å²) in [6, 6.07) is 5.61. The fourth-order valence-electron chi connectivity index (χ4n) is 3.53. The van der Waals surface area contributed by atoms with Crippen molar-refractivity contribution in [2.24, 2.45) is 0 Å². The summed E-state index contributed by atoms with van der Waals surface area (Å²) >= 11 is 0. The van der Waals surface area contributed by atoms with Crippen molar-refractivity contribution < 1.29 is 42.5 Å². The summed E-state index contributed by atoms with van der Waals surface area (Å²) in [4.78, 5) is 25.0. The number of quaternary nitrogens is 1. The lowest BCUT2D eigenvalue weighted by Gasteiger charge is -2.17. The number of carbonyl (C=O) groups excluding carboxylic acids is 2. The Hall–Kier alpha value is -1.69. The molecular weight excluding hydrogens is 486 g/mol. The van der Waals surface area contributed by atoms with Crippen LogP contribution in [0.2, 0.25) is 0 Å². The highest BCUT2D eigenvalue weighted by Crippen LogP contribution is 2.14. The second-order valence-electron chi connectivity index (χ2n) is 9.01. The van der Waals surface area contributed by atoms with E-state index in [-0.39, 0.29) is 49.1 Å². The number of hydrogen-bond donors (Lipinski definition) is 1. The molecule has 1 heterocycles. The first-order chi connectivity index (χ1) is 17.2. The molecule has 0 aromatic heterocycles. The number of carbonyl (C=O) groups is 2. The third kappa shape index (κ3) is 14.2. The van der Waals surface area contributed by atoms with E-state index in [0.29, 0.717) is 24.8 Å². The van der Waals surface area contributed by atoms with E-state index in [2.05, 4.69) is 19.6 Å². The van der Waals surface area contributed by atoms with Gasteiger partial charge in [0.1, 0.15) is 10.1 Å². The summed E-state index contributed by atoms with van der Waals surface area (Å²) in [6.45, 7) is 5.72. The lowest BCUT2D eigenvalue weighted by atomic mass is 10.0. The van der Waals surface area contributed by atoms with Crippen LogP contribution in [0.4, 0.5) is 0 Å². The zero-order valence-corrected chi connectivity index (χ0v) is 22.6. The van der Waals surface area contributed by atoms with Crippen molar-refractivity contribution in [2.45, 2.75) is 95.3 Å². The molecule has 0 bridgehead atoms. The molecule has 1 saturated heterocycles. The first kappa shape index (κ1) is 32.3. The van der Waals surface area contributed by atoms with E-state index in [9.17, 15) is 22.6 Å². The van der Waals surface area contributed by atoms with Crippen LogP contribution in [-0.4, -0.2) is 63.1 Å². The molecule has 1 aromatic rings. The molecule has 36 heavy (non-hydrogen) atoms. The van der Waals surface area contributed by atoms with Crippen LogP contribution in [0.1, 0.15) is 77.2 Å². The maximum Gasteiger partial charge on any atom is 0.174 e. The number of hydrogen-bond acceptors (Lipinski definition) is 8. The second kappa shape index (κ2) is 18.5. The minimum Gasteiger partial charge on any atom is -0.744 e. The lowest BCUT2D eigenvalue weighted by Crippen LogP contribution is -2.60. The van der Waals surface area contributed by atoms with E-state index >= 15 is 0 Å². The maximum atomic E-state index is 12.7. The van der Waals surface area contributed by atoms with Crippen molar-refractivity contribution >= 4 is 21.7 Å². The minimum absolute atomic E-state index is 0.0581. The van der Waals surface area contributed by atoms with E-state index < -0.39 is 16.2 Å². The van der Waals surface area contributed by atoms with Crippen LogP contribution >= 0.6 is 0 Å². The van der Waals surface area contributed by atoms with Gasteiger partial charge in [-0.2, -0.15) is 0 Å². The van der Waals surface area contributed by atoms with E-state index in [1.165, 1.54) is 30.7 Å². The molecule has 0 saturated carbocycles. The molecule has 0 unspecified atom stereocenters. The van der Waals surface area contributed by atoms with Crippen LogP contribution in [0.15, 0.2) is 29.2 Å². The van der Waals surface area contributed by atoms with Crippen LogP contribution < -0.4 is 5.73 Å². The molecule has 0 atom stereocenters. The molecule has 0 radical (unpaired) electrons. The van der Waals surface area contributed by atoms with Gasteiger partial charge in [-0.1, -0.05) is 32.4 Å². The number of ketones is 2. The Kier molecular flexibility index (Phi) is 16.7. The average molecular weight is 530 g/mol. The van der Waals surface area contributed by atoms with Gasteiger partial charge < -0.3 is 24.5 Å². The normalized spacial score (nSPS) is 22.1. The number of rotatable bonds is 4. The molecule has 9 nitrogen and oxygen atoms in total. The van der Waals surface area contributed by atoms with Crippen LogP contribution in [0.25, 0.3) is 0 Å². The van der Waals surface area contributed by atoms with E-state index in [4.69, 9.17) is 14.2 Å². The van der Waals surface area contributed by atoms with Gasteiger partial charge in [-0.15, -0.1) is 0 Å². The van der Waals surface area contributed by atoms with Crippen LogP contribution in [0.5, 0.6) is 0 Å². The van der Waals surface area contributed by atoms with Gasteiger partial charge in [-0.3, -0.25) is 9.59 Å². The fourth-order valence-corrected chi connectivity index (χ4v) is 4.00. The van der Waals surface area contributed by atoms with Gasteiger partial charge in [-0.05, 0) is 56.2 Å². The third-order valence-corrected chi connectivity index (χ3v) is 6.35. The van der Waals surface area contributed by atoms with Crippen molar-refractivity contribution in [3.63, 3.8) is 0 Å². The highest BCUT2D eigenvalue weighted by molar-refractivity contribution is 7.85. The van der Waals surface area contributed by atoms with Gasteiger partial charge in [0.15, 0.2) is 17.7 Å². The highest BCUT2D eigenvalue weighted by Gasteiger charge is 2.26. The number of ether oxygens (including phenoxy) is 3. The van der Waals surface area contributed by atoms with E-state index in [0.717, 1.165) is 38.5 Å². The molecular formula is C26H43NO8S. The minimum atomic E-state index is -4.54. The van der Waals surface area contributed by atoms with Gasteiger partial charge in [0.25, 0.3) is 0 Å². The highest BCUT2D eigenvalue weighted by atomic mass is 32.2. The Labute approximate surface area is 215 Å². The van der Waals surface area contributed by atoms with E-state index in [1.54, 1.807) is 0 Å².